The first kappa shape index (κ1) is 13.8. The van der Waals surface area contributed by atoms with Crippen LogP contribution in [-0.4, -0.2) is 27.3 Å². The third-order valence-electron chi connectivity index (χ3n) is 2.69. The number of hydrogen-bond donors (Lipinski definition) is 1. The van der Waals surface area contributed by atoms with Crippen molar-refractivity contribution in [2.75, 3.05) is 6.54 Å². The van der Waals surface area contributed by atoms with E-state index in [-0.39, 0.29) is 12.6 Å². The summed E-state index contributed by atoms with van der Waals surface area (Å²) >= 11 is 0. The van der Waals surface area contributed by atoms with Crippen molar-refractivity contribution in [1.82, 2.24) is 19.9 Å². The number of nitrogens with one attached hydrogen (secondary N) is 1. The first-order valence-electron chi connectivity index (χ1n) is 5.97. The lowest BCUT2D eigenvalue weighted by Crippen LogP contribution is -2.29. The van der Waals surface area contributed by atoms with Crippen LogP contribution in [0.1, 0.15) is 25.7 Å². The van der Waals surface area contributed by atoms with E-state index in [0.29, 0.717) is 11.3 Å². The van der Waals surface area contributed by atoms with Crippen LogP contribution in [0.4, 0.5) is 13.2 Å². The van der Waals surface area contributed by atoms with Gasteiger partial charge < -0.3 is 9.88 Å². The zero-order valence-electron chi connectivity index (χ0n) is 10.7. The van der Waals surface area contributed by atoms with Gasteiger partial charge in [0.25, 0.3) is 0 Å². The molecule has 0 bridgehead atoms. The molecule has 0 fully saturated rings. The van der Waals surface area contributed by atoms with Crippen molar-refractivity contribution in [2.24, 2.45) is 0 Å². The zero-order chi connectivity index (χ0) is 14.0. The van der Waals surface area contributed by atoms with Gasteiger partial charge in [0.15, 0.2) is 0 Å². The quantitative estimate of drug-likeness (QED) is 0.930. The third kappa shape index (κ3) is 3.23. The van der Waals surface area contributed by atoms with E-state index >= 15 is 0 Å². The van der Waals surface area contributed by atoms with Crippen LogP contribution in [0.15, 0.2) is 18.5 Å². The molecule has 2 aromatic heterocycles. The molecule has 19 heavy (non-hydrogen) atoms. The highest BCUT2D eigenvalue weighted by atomic mass is 19.4. The van der Waals surface area contributed by atoms with Crippen LogP contribution < -0.4 is 5.32 Å². The number of fused-ring (bicyclic) bond motifs is 1. The molecule has 4 nitrogen and oxygen atoms in total. The van der Waals surface area contributed by atoms with Crippen LogP contribution in [0, 0.1) is 0 Å². The second-order valence-corrected chi connectivity index (χ2v) is 4.57. The van der Waals surface area contributed by atoms with E-state index < -0.39 is 12.7 Å². The van der Waals surface area contributed by atoms with Gasteiger partial charge in [0.2, 0.25) is 0 Å². The van der Waals surface area contributed by atoms with Gasteiger partial charge in [-0.3, -0.25) is 4.98 Å². The Kier molecular flexibility index (Phi) is 3.75. The highest BCUT2D eigenvalue weighted by Crippen LogP contribution is 2.20. The molecule has 0 aliphatic carbocycles. The van der Waals surface area contributed by atoms with Crippen LogP contribution in [0.2, 0.25) is 0 Å². The van der Waals surface area contributed by atoms with E-state index in [9.17, 15) is 13.2 Å². The van der Waals surface area contributed by atoms with Crippen molar-refractivity contribution in [3.8, 4) is 0 Å². The van der Waals surface area contributed by atoms with Gasteiger partial charge in [0, 0.05) is 12.2 Å². The van der Waals surface area contributed by atoms with Crippen LogP contribution in [-0.2, 0) is 6.54 Å². The van der Waals surface area contributed by atoms with Crippen molar-refractivity contribution in [2.45, 2.75) is 32.6 Å². The van der Waals surface area contributed by atoms with E-state index in [0.717, 1.165) is 5.52 Å². The molecule has 0 radical (unpaired) electrons. The van der Waals surface area contributed by atoms with Crippen molar-refractivity contribution in [3.63, 3.8) is 0 Å². The lowest BCUT2D eigenvalue weighted by Gasteiger charge is -2.14. The largest absolute Gasteiger partial charge is 0.401 e. The second-order valence-electron chi connectivity index (χ2n) is 4.57. The van der Waals surface area contributed by atoms with E-state index in [2.05, 4.69) is 15.3 Å². The first-order chi connectivity index (χ1) is 8.88. The number of aromatic nitrogens is 3. The number of alkyl halides is 3. The van der Waals surface area contributed by atoms with Gasteiger partial charge >= 0.3 is 6.18 Å². The van der Waals surface area contributed by atoms with Gasteiger partial charge in [-0.25, -0.2) is 4.98 Å². The van der Waals surface area contributed by atoms with Gasteiger partial charge in [0.05, 0.1) is 24.8 Å². The van der Waals surface area contributed by atoms with Gasteiger partial charge in [-0.15, -0.1) is 0 Å². The molecule has 0 saturated carbocycles. The first-order valence-corrected chi connectivity index (χ1v) is 5.97. The molecular weight excluding hydrogens is 257 g/mol. The maximum absolute atomic E-state index is 12.1. The topological polar surface area (TPSA) is 42.7 Å². The van der Waals surface area contributed by atoms with Gasteiger partial charge in [-0.2, -0.15) is 13.2 Å². The predicted octanol–water partition coefficient (Wildman–Crippen LogP) is 2.66. The van der Waals surface area contributed by atoms with Gasteiger partial charge in [0.1, 0.15) is 11.3 Å². The molecule has 2 heterocycles. The Labute approximate surface area is 108 Å². The minimum Gasteiger partial charge on any atom is -0.324 e. The predicted molar refractivity (Wildman–Crippen MR) is 65.7 cm³/mol. The van der Waals surface area contributed by atoms with Crippen molar-refractivity contribution in [3.05, 3.63) is 24.3 Å². The monoisotopic (exact) mass is 272 g/mol. The summed E-state index contributed by atoms with van der Waals surface area (Å²) in [7, 11) is 0. The number of imidazole rings is 1. The minimum absolute atomic E-state index is 0.0758. The zero-order valence-corrected chi connectivity index (χ0v) is 10.7. The lowest BCUT2D eigenvalue weighted by atomic mass is 10.3. The molecule has 0 aromatic carbocycles. The lowest BCUT2D eigenvalue weighted by molar-refractivity contribution is -0.125. The standard InChI is InChI=1S/C12H15F3N4/c1-8(2)19-10-3-4-16-5-9(10)18-11(19)6-17-7-12(13,14)15/h3-5,8,17H,6-7H2,1-2H3. The highest BCUT2D eigenvalue weighted by Gasteiger charge is 2.26. The molecule has 2 aromatic rings. The molecule has 0 aliphatic heterocycles. The number of nitrogens with zero attached hydrogens (tertiary/aromatic N) is 3. The summed E-state index contributed by atoms with van der Waals surface area (Å²) in [5.74, 6) is 0.585. The minimum atomic E-state index is -4.21. The Morgan fingerprint density at radius 3 is 2.74 bits per heavy atom. The molecule has 1 N–H and O–H groups in total. The fourth-order valence-electron chi connectivity index (χ4n) is 2.02. The SMILES string of the molecule is CC(C)n1c(CNCC(F)(F)F)nc2cnccc21. The Bertz CT molecular complexity index is 560. The van der Waals surface area contributed by atoms with Gasteiger partial charge in [-0.05, 0) is 19.9 Å². The molecular formula is C12H15F3N4. The van der Waals surface area contributed by atoms with Gasteiger partial charge in [-0.1, -0.05) is 0 Å². The van der Waals surface area contributed by atoms with Crippen LogP contribution >= 0.6 is 0 Å². The molecule has 0 spiro atoms. The molecule has 0 amide bonds. The summed E-state index contributed by atoms with van der Waals surface area (Å²) in [5.41, 5.74) is 1.58. The maximum atomic E-state index is 12.1. The fraction of sp³-hybridized carbons (Fsp3) is 0.500. The van der Waals surface area contributed by atoms with Crippen molar-refractivity contribution < 1.29 is 13.2 Å². The average molecular weight is 272 g/mol. The number of hydrogen-bond acceptors (Lipinski definition) is 3. The second kappa shape index (κ2) is 5.16. The Balaban J connectivity index is 2.24. The van der Waals surface area contributed by atoms with E-state index in [1.165, 1.54) is 0 Å². The average Bonchev–Trinajstić information content (AvgIpc) is 2.65. The molecule has 0 atom stereocenters. The number of pyridine rings is 1. The molecule has 7 heteroatoms. The van der Waals surface area contributed by atoms with E-state index in [4.69, 9.17) is 0 Å². The molecule has 0 aliphatic rings. The van der Waals surface area contributed by atoms with E-state index in [1.807, 2.05) is 24.5 Å². The maximum Gasteiger partial charge on any atom is 0.401 e. The molecule has 2 rings (SSSR count). The third-order valence-corrected chi connectivity index (χ3v) is 2.69. The fourth-order valence-corrected chi connectivity index (χ4v) is 2.02. The summed E-state index contributed by atoms with van der Waals surface area (Å²) in [5, 5.41) is 2.37. The number of rotatable bonds is 4. The van der Waals surface area contributed by atoms with Crippen molar-refractivity contribution in [1.29, 1.82) is 0 Å². The molecule has 104 valence electrons. The molecule has 0 unspecified atom stereocenters. The molecule has 0 saturated heterocycles. The highest BCUT2D eigenvalue weighted by molar-refractivity contribution is 5.74. The summed E-state index contributed by atoms with van der Waals surface area (Å²) in [6.07, 6.45) is -0.951. The Hall–Kier alpha value is -1.63. The smallest absolute Gasteiger partial charge is 0.324 e. The summed E-state index contributed by atoms with van der Waals surface area (Å²) in [6, 6.07) is 1.94. The van der Waals surface area contributed by atoms with E-state index in [1.54, 1.807) is 12.4 Å². The summed E-state index contributed by atoms with van der Waals surface area (Å²) in [6.45, 7) is 2.99. The Morgan fingerprint density at radius 2 is 2.11 bits per heavy atom. The van der Waals surface area contributed by atoms with Crippen LogP contribution in [0.25, 0.3) is 11.0 Å². The van der Waals surface area contributed by atoms with Crippen molar-refractivity contribution >= 4 is 11.0 Å². The summed E-state index contributed by atoms with van der Waals surface area (Å²) < 4.78 is 38.3. The van der Waals surface area contributed by atoms with Crippen LogP contribution in [0.5, 0.6) is 0 Å². The summed E-state index contributed by atoms with van der Waals surface area (Å²) in [4.78, 5) is 8.29. The Morgan fingerprint density at radius 1 is 1.37 bits per heavy atom. The van der Waals surface area contributed by atoms with Crippen LogP contribution in [0.3, 0.4) is 0 Å². The number of halogens is 3. The normalized spacial score (nSPS) is 12.5.